The molecule has 0 bridgehead atoms. The third-order valence-corrected chi connectivity index (χ3v) is 5.23. The first-order valence-electron chi connectivity index (χ1n) is 9.15. The van der Waals surface area contributed by atoms with E-state index >= 15 is 0 Å². The maximum absolute atomic E-state index is 9.61. The Balaban J connectivity index is 1.82. The first-order valence-corrected chi connectivity index (χ1v) is 10.0. The number of nitrogens with one attached hydrogen (secondary N) is 1. The molecule has 0 aliphatic heterocycles. The van der Waals surface area contributed by atoms with Crippen molar-refractivity contribution in [1.82, 2.24) is 4.98 Å². The smallest absolute Gasteiger partial charge is 0.136 e. The largest absolute Gasteiger partial charge is 0.494 e. The minimum Gasteiger partial charge on any atom is -0.494 e. The van der Waals surface area contributed by atoms with Crippen molar-refractivity contribution in [3.05, 3.63) is 69.7 Å². The monoisotopic (exact) mass is 389 g/mol. The highest BCUT2D eigenvalue weighted by Crippen LogP contribution is 2.28. The normalized spacial score (nSPS) is 11.2. The van der Waals surface area contributed by atoms with Crippen LogP contribution in [0.3, 0.4) is 0 Å². The minimum atomic E-state index is 0.515. The van der Waals surface area contributed by atoms with Gasteiger partial charge in [-0.2, -0.15) is 5.26 Å². The maximum Gasteiger partial charge on any atom is 0.136 e. The Labute approximate surface area is 170 Å². The summed E-state index contributed by atoms with van der Waals surface area (Å²) in [6.07, 6.45) is 1.74. The number of nitriles is 1. The van der Waals surface area contributed by atoms with Gasteiger partial charge in [-0.15, -0.1) is 11.3 Å². The van der Waals surface area contributed by atoms with Crippen molar-refractivity contribution in [1.29, 1.82) is 5.26 Å². The van der Waals surface area contributed by atoms with Crippen molar-refractivity contribution in [2.45, 2.75) is 27.7 Å². The second kappa shape index (κ2) is 8.73. The SMILES string of the molecule is CCOc1ccc(-c2csc(C(C#N)=CNc3c(C)cc(C)cc3C)n2)cc1. The highest BCUT2D eigenvalue weighted by molar-refractivity contribution is 7.11. The molecule has 0 amide bonds. The van der Waals surface area contributed by atoms with E-state index in [9.17, 15) is 5.26 Å². The van der Waals surface area contributed by atoms with E-state index in [1.807, 2.05) is 36.6 Å². The van der Waals surface area contributed by atoms with Gasteiger partial charge in [-0.3, -0.25) is 0 Å². The molecule has 0 aliphatic rings. The molecule has 3 rings (SSSR count). The van der Waals surface area contributed by atoms with E-state index in [4.69, 9.17) is 4.74 Å². The van der Waals surface area contributed by atoms with Gasteiger partial charge in [0.25, 0.3) is 0 Å². The van der Waals surface area contributed by atoms with Gasteiger partial charge in [-0.05, 0) is 63.1 Å². The zero-order chi connectivity index (χ0) is 20.1. The molecule has 0 atom stereocenters. The molecule has 28 heavy (non-hydrogen) atoms. The predicted octanol–water partition coefficient (Wildman–Crippen LogP) is 6.11. The predicted molar refractivity (Wildman–Crippen MR) is 117 cm³/mol. The Bertz CT molecular complexity index is 1020. The summed E-state index contributed by atoms with van der Waals surface area (Å²) >= 11 is 1.46. The molecule has 1 heterocycles. The van der Waals surface area contributed by atoms with E-state index in [0.29, 0.717) is 17.2 Å². The van der Waals surface area contributed by atoms with E-state index in [1.165, 1.54) is 16.9 Å². The van der Waals surface area contributed by atoms with Crippen LogP contribution in [-0.4, -0.2) is 11.6 Å². The van der Waals surface area contributed by atoms with Crippen LogP contribution in [0, 0.1) is 32.1 Å². The number of anilines is 1. The summed E-state index contributed by atoms with van der Waals surface area (Å²) in [6.45, 7) is 8.82. The van der Waals surface area contributed by atoms with Crippen LogP contribution >= 0.6 is 11.3 Å². The summed E-state index contributed by atoms with van der Waals surface area (Å²) in [7, 11) is 0. The lowest BCUT2D eigenvalue weighted by Crippen LogP contribution is -1.97. The van der Waals surface area contributed by atoms with Crippen molar-refractivity contribution in [3.63, 3.8) is 0 Å². The van der Waals surface area contributed by atoms with E-state index in [-0.39, 0.29) is 0 Å². The Morgan fingerprint density at radius 1 is 1.18 bits per heavy atom. The summed E-state index contributed by atoms with van der Waals surface area (Å²) < 4.78 is 5.48. The minimum absolute atomic E-state index is 0.515. The highest BCUT2D eigenvalue weighted by Gasteiger charge is 2.10. The fourth-order valence-electron chi connectivity index (χ4n) is 3.11. The zero-order valence-corrected chi connectivity index (χ0v) is 17.4. The van der Waals surface area contributed by atoms with Crippen molar-refractivity contribution >= 4 is 22.6 Å². The molecule has 0 radical (unpaired) electrons. The van der Waals surface area contributed by atoms with Crippen LogP contribution in [0.2, 0.25) is 0 Å². The van der Waals surface area contributed by atoms with E-state index in [0.717, 1.165) is 33.8 Å². The number of benzene rings is 2. The summed E-state index contributed by atoms with van der Waals surface area (Å²) in [6, 6.07) is 14.3. The third kappa shape index (κ3) is 4.41. The van der Waals surface area contributed by atoms with Crippen molar-refractivity contribution in [2.24, 2.45) is 0 Å². The van der Waals surface area contributed by atoms with Crippen LogP contribution in [0.5, 0.6) is 5.75 Å². The molecule has 2 aromatic carbocycles. The summed E-state index contributed by atoms with van der Waals surface area (Å²) in [5.74, 6) is 0.840. The average Bonchev–Trinajstić information content (AvgIpc) is 3.15. The van der Waals surface area contributed by atoms with Gasteiger partial charge < -0.3 is 10.1 Å². The van der Waals surface area contributed by atoms with Crippen LogP contribution in [0.1, 0.15) is 28.6 Å². The Hall–Kier alpha value is -3.10. The molecule has 4 nitrogen and oxygen atoms in total. The average molecular weight is 390 g/mol. The van der Waals surface area contributed by atoms with E-state index in [2.05, 4.69) is 49.3 Å². The van der Waals surface area contributed by atoms with Gasteiger partial charge in [0, 0.05) is 22.8 Å². The standard InChI is InChI=1S/C23H23N3OS/c1-5-27-20-8-6-18(7-9-20)21-14-28-23(26-21)19(12-24)13-25-22-16(3)10-15(2)11-17(22)4/h6-11,13-14,25H,5H2,1-4H3. The number of nitrogens with zero attached hydrogens (tertiary/aromatic N) is 2. The second-order valence-corrected chi connectivity index (χ2v) is 7.44. The van der Waals surface area contributed by atoms with Crippen LogP contribution < -0.4 is 10.1 Å². The topological polar surface area (TPSA) is 57.9 Å². The molecule has 1 N–H and O–H groups in total. The summed E-state index contributed by atoms with van der Waals surface area (Å²) in [4.78, 5) is 4.65. The Morgan fingerprint density at radius 2 is 1.86 bits per heavy atom. The van der Waals surface area contributed by atoms with Crippen molar-refractivity contribution in [2.75, 3.05) is 11.9 Å². The summed E-state index contributed by atoms with van der Waals surface area (Å²) in [5.41, 5.74) is 6.93. The van der Waals surface area contributed by atoms with Crippen LogP contribution in [-0.2, 0) is 0 Å². The lowest BCUT2D eigenvalue weighted by molar-refractivity contribution is 0.340. The third-order valence-electron chi connectivity index (χ3n) is 4.35. The van der Waals surface area contributed by atoms with Crippen LogP contribution in [0.4, 0.5) is 5.69 Å². The molecule has 0 saturated carbocycles. The van der Waals surface area contributed by atoms with Gasteiger partial charge in [0.15, 0.2) is 0 Å². The molecule has 0 spiro atoms. The number of hydrogen-bond acceptors (Lipinski definition) is 5. The number of allylic oxidation sites excluding steroid dienone is 1. The van der Waals surface area contributed by atoms with Gasteiger partial charge in [0.1, 0.15) is 22.4 Å². The quantitative estimate of drug-likeness (QED) is 0.517. The number of rotatable bonds is 6. The highest BCUT2D eigenvalue weighted by atomic mass is 32.1. The molecule has 142 valence electrons. The Kier molecular flexibility index (Phi) is 6.13. The van der Waals surface area contributed by atoms with Crippen molar-refractivity contribution < 1.29 is 4.74 Å². The van der Waals surface area contributed by atoms with Gasteiger partial charge in [-0.25, -0.2) is 4.98 Å². The van der Waals surface area contributed by atoms with Gasteiger partial charge in [0.2, 0.25) is 0 Å². The van der Waals surface area contributed by atoms with Gasteiger partial charge in [-0.1, -0.05) is 17.7 Å². The molecule has 0 unspecified atom stereocenters. The van der Waals surface area contributed by atoms with Crippen LogP contribution in [0.15, 0.2) is 48.0 Å². The molecule has 0 fully saturated rings. The van der Waals surface area contributed by atoms with Gasteiger partial charge >= 0.3 is 0 Å². The number of aryl methyl sites for hydroxylation is 3. The van der Waals surface area contributed by atoms with Gasteiger partial charge in [0.05, 0.1) is 12.3 Å². The van der Waals surface area contributed by atoms with E-state index < -0.39 is 0 Å². The zero-order valence-electron chi connectivity index (χ0n) is 16.5. The number of aromatic nitrogens is 1. The molecular formula is C23H23N3OS. The Morgan fingerprint density at radius 3 is 2.46 bits per heavy atom. The van der Waals surface area contributed by atoms with Crippen LogP contribution in [0.25, 0.3) is 16.8 Å². The molecule has 0 aliphatic carbocycles. The first-order chi connectivity index (χ1) is 13.5. The molecule has 5 heteroatoms. The lowest BCUT2D eigenvalue weighted by Gasteiger charge is -2.11. The van der Waals surface area contributed by atoms with Crippen molar-refractivity contribution in [3.8, 4) is 23.1 Å². The number of hydrogen-bond donors (Lipinski definition) is 1. The molecule has 0 saturated heterocycles. The first kappa shape index (κ1) is 19.7. The maximum atomic E-state index is 9.61. The molecule has 3 aromatic rings. The lowest BCUT2D eigenvalue weighted by atomic mass is 10.1. The fraction of sp³-hybridized carbons (Fsp3) is 0.217. The molecular weight excluding hydrogens is 366 g/mol. The second-order valence-electron chi connectivity index (χ2n) is 6.58. The summed E-state index contributed by atoms with van der Waals surface area (Å²) in [5, 5.41) is 15.6. The fourth-order valence-corrected chi connectivity index (χ4v) is 3.91. The van der Waals surface area contributed by atoms with E-state index in [1.54, 1.807) is 6.20 Å². The number of thiazole rings is 1. The molecule has 1 aromatic heterocycles. The number of ether oxygens (including phenoxy) is 1.